The van der Waals surface area contributed by atoms with Gasteiger partial charge in [0.15, 0.2) is 0 Å². The van der Waals surface area contributed by atoms with Crippen molar-refractivity contribution >= 4 is 5.91 Å². The van der Waals surface area contributed by atoms with Gasteiger partial charge in [-0.15, -0.1) is 12.3 Å². The molecular weight excluding hydrogens is 176 g/mol. The molecule has 0 rings (SSSR count). The summed E-state index contributed by atoms with van der Waals surface area (Å²) in [5.74, 6) is 3.07. The third-order valence-corrected chi connectivity index (χ3v) is 1.74. The summed E-state index contributed by atoms with van der Waals surface area (Å²) in [6, 6.07) is 0.199. The molecule has 0 aromatic carbocycles. The van der Waals surface area contributed by atoms with Crippen molar-refractivity contribution in [3.63, 3.8) is 0 Å². The highest BCUT2D eigenvalue weighted by atomic mass is 16.1. The molecule has 1 amide bonds. The molecule has 0 bridgehead atoms. The first-order valence-corrected chi connectivity index (χ1v) is 4.99. The fraction of sp³-hybridized carbons (Fsp3) is 0.727. The van der Waals surface area contributed by atoms with Crippen LogP contribution in [-0.4, -0.2) is 25.0 Å². The van der Waals surface area contributed by atoms with Crippen LogP contribution in [0.5, 0.6) is 0 Å². The van der Waals surface area contributed by atoms with Crippen LogP contribution in [0.3, 0.4) is 0 Å². The number of carbonyl (C=O) groups excluding carboxylic acids is 1. The molecule has 14 heavy (non-hydrogen) atoms. The molecule has 0 heterocycles. The first kappa shape index (κ1) is 13.0. The molecule has 0 saturated carbocycles. The van der Waals surface area contributed by atoms with Gasteiger partial charge in [0.25, 0.3) is 0 Å². The standard InChI is InChI=1S/C11H20N2O/c1-5-6-10(4)12-8-11(14)13-7-9(2)3/h1,9-10,12H,6-8H2,2-4H3,(H,13,14). The largest absolute Gasteiger partial charge is 0.355 e. The smallest absolute Gasteiger partial charge is 0.233 e. The van der Waals surface area contributed by atoms with Crippen LogP contribution in [0.4, 0.5) is 0 Å². The first-order valence-electron chi connectivity index (χ1n) is 4.99. The molecule has 3 nitrogen and oxygen atoms in total. The van der Waals surface area contributed by atoms with Gasteiger partial charge in [0.05, 0.1) is 6.54 Å². The Bertz CT molecular complexity index is 206. The van der Waals surface area contributed by atoms with E-state index in [0.717, 1.165) is 6.54 Å². The maximum absolute atomic E-state index is 11.2. The Morgan fingerprint density at radius 2 is 2.07 bits per heavy atom. The van der Waals surface area contributed by atoms with E-state index in [0.29, 0.717) is 18.9 Å². The Morgan fingerprint density at radius 1 is 1.43 bits per heavy atom. The van der Waals surface area contributed by atoms with Crippen LogP contribution < -0.4 is 10.6 Å². The van der Waals surface area contributed by atoms with Gasteiger partial charge >= 0.3 is 0 Å². The fourth-order valence-corrected chi connectivity index (χ4v) is 0.896. The number of nitrogens with one attached hydrogen (secondary N) is 2. The zero-order chi connectivity index (χ0) is 11.0. The van der Waals surface area contributed by atoms with Gasteiger partial charge in [0, 0.05) is 19.0 Å². The lowest BCUT2D eigenvalue weighted by Gasteiger charge is -2.11. The molecule has 0 aliphatic rings. The van der Waals surface area contributed by atoms with Gasteiger partial charge in [-0.1, -0.05) is 13.8 Å². The molecular formula is C11H20N2O. The van der Waals surface area contributed by atoms with E-state index in [2.05, 4.69) is 30.4 Å². The number of terminal acetylenes is 1. The normalized spacial score (nSPS) is 12.2. The van der Waals surface area contributed by atoms with Gasteiger partial charge in [-0.05, 0) is 12.8 Å². The summed E-state index contributed by atoms with van der Waals surface area (Å²) in [5, 5.41) is 5.88. The minimum atomic E-state index is 0.0302. The van der Waals surface area contributed by atoms with Crippen LogP contribution in [0.1, 0.15) is 27.2 Å². The van der Waals surface area contributed by atoms with Crippen molar-refractivity contribution in [3.8, 4) is 12.3 Å². The summed E-state index contributed by atoms with van der Waals surface area (Å²) in [4.78, 5) is 11.2. The number of amides is 1. The zero-order valence-electron chi connectivity index (χ0n) is 9.26. The van der Waals surface area contributed by atoms with Crippen LogP contribution in [0.2, 0.25) is 0 Å². The molecule has 0 aliphatic heterocycles. The van der Waals surface area contributed by atoms with Crippen LogP contribution in [-0.2, 0) is 4.79 Å². The Balaban J connectivity index is 3.49. The predicted molar refractivity (Wildman–Crippen MR) is 58.8 cm³/mol. The average molecular weight is 196 g/mol. The Kier molecular flexibility index (Phi) is 6.87. The molecule has 80 valence electrons. The second-order valence-electron chi connectivity index (χ2n) is 3.89. The molecule has 1 unspecified atom stereocenters. The van der Waals surface area contributed by atoms with Gasteiger partial charge in [0.1, 0.15) is 0 Å². The summed E-state index contributed by atoms with van der Waals surface area (Å²) in [6.45, 7) is 7.17. The zero-order valence-corrected chi connectivity index (χ0v) is 9.26. The molecule has 1 atom stereocenters. The van der Waals surface area contributed by atoms with Gasteiger partial charge in [0.2, 0.25) is 5.91 Å². The number of hydrogen-bond acceptors (Lipinski definition) is 2. The molecule has 3 heteroatoms. The van der Waals surface area contributed by atoms with Gasteiger partial charge in [-0.2, -0.15) is 0 Å². The average Bonchev–Trinajstić information content (AvgIpc) is 2.12. The van der Waals surface area contributed by atoms with E-state index in [4.69, 9.17) is 6.42 Å². The summed E-state index contributed by atoms with van der Waals surface area (Å²) < 4.78 is 0. The number of carbonyl (C=O) groups is 1. The molecule has 0 aliphatic carbocycles. The van der Waals surface area contributed by atoms with Gasteiger partial charge in [-0.3, -0.25) is 4.79 Å². The maximum Gasteiger partial charge on any atom is 0.233 e. The van der Waals surface area contributed by atoms with Gasteiger partial charge < -0.3 is 10.6 Å². The van der Waals surface area contributed by atoms with Crippen molar-refractivity contribution in [2.75, 3.05) is 13.1 Å². The van der Waals surface area contributed by atoms with Crippen molar-refractivity contribution in [1.82, 2.24) is 10.6 Å². The lowest BCUT2D eigenvalue weighted by molar-refractivity contribution is -0.120. The lowest BCUT2D eigenvalue weighted by atomic mass is 10.2. The highest BCUT2D eigenvalue weighted by Gasteiger charge is 2.04. The second-order valence-corrected chi connectivity index (χ2v) is 3.89. The molecule has 0 spiro atoms. The van der Waals surface area contributed by atoms with E-state index in [1.54, 1.807) is 0 Å². The van der Waals surface area contributed by atoms with E-state index in [9.17, 15) is 4.79 Å². The number of hydrogen-bond donors (Lipinski definition) is 2. The highest BCUT2D eigenvalue weighted by Crippen LogP contribution is 1.88. The van der Waals surface area contributed by atoms with Crippen molar-refractivity contribution in [2.24, 2.45) is 5.92 Å². The molecule has 0 radical (unpaired) electrons. The summed E-state index contributed by atoms with van der Waals surface area (Å²) >= 11 is 0. The SMILES string of the molecule is C#CCC(C)NCC(=O)NCC(C)C. The van der Waals surface area contributed by atoms with Crippen molar-refractivity contribution < 1.29 is 4.79 Å². The van der Waals surface area contributed by atoms with Crippen LogP contribution in [0, 0.1) is 18.3 Å². The van der Waals surface area contributed by atoms with E-state index in [1.165, 1.54) is 0 Å². The van der Waals surface area contributed by atoms with E-state index in [-0.39, 0.29) is 11.9 Å². The van der Waals surface area contributed by atoms with E-state index >= 15 is 0 Å². The molecule has 0 fully saturated rings. The third-order valence-electron chi connectivity index (χ3n) is 1.74. The van der Waals surface area contributed by atoms with Crippen molar-refractivity contribution in [1.29, 1.82) is 0 Å². The fourth-order valence-electron chi connectivity index (χ4n) is 0.896. The lowest BCUT2D eigenvalue weighted by Crippen LogP contribution is -2.39. The highest BCUT2D eigenvalue weighted by molar-refractivity contribution is 5.77. The predicted octanol–water partition coefficient (Wildman–Crippen LogP) is 0.760. The summed E-state index contributed by atoms with van der Waals surface area (Å²) in [7, 11) is 0. The first-order chi connectivity index (χ1) is 6.56. The topological polar surface area (TPSA) is 41.1 Å². The Labute approximate surface area is 86.6 Å². The second kappa shape index (κ2) is 7.40. The van der Waals surface area contributed by atoms with Crippen LogP contribution in [0.15, 0.2) is 0 Å². The minimum Gasteiger partial charge on any atom is -0.355 e. The Hall–Kier alpha value is -1.01. The monoisotopic (exact) mass is 196 g/mol. The number of rotatable bonds is 6. The summed E-state index contributed by atoms with van der Waals surface area (Å²) in [5.41, 5.74) is 0. The van der Waals surface area contributed by atoms with E-state index in [1.807, 2.05) is 6.92 Å². The van der Waals surface area contributed by atoms with Crippen LogP contribution in [0.25, 0.3) is 0 Å². The van der Waals surface area contributed by atoms with Gasteiger partial charge in [-0.25, -0.2) is 0 Å². The maximum atomic E-state index is 11.2. The Morgan fingerprint density at radius 3 is 2.57 bits per heavy atom. The minimum absolute atomic E-state index is 0.0302. The quantitative estimate of drug-likeness (QED) is 0.616. The summed E-state index contributed by atoms with van der Waals surface area (Å²) in [6.07, 6.45) is 5.79. The molecule has 0 aromatic rings. The van der Waals surface area contributed by atoms with Crippen LogP contribution >= 0.6 is 0 Å². The van der Waals surface area contributed by atoms with Crippen molar-refractivity contribution in [2.45, 2.75) is 33.2 Å². The molecule has 0 aromatic heterocycles. The van der Waals surface area contributed by atoms with Crippen molar-refractivity contribution in [3.05, 3.63) is 0 Å². The molecule has 2 N–H and O–H groups in total. The third kappa shape index (κ3) is 7.63. The van der Waals surface area contributed by atoms with E-state index < -0.39 is 0 Å². The molecule has 0 saturated heterocycles.